The van der Waals surface area contributed by atoms with Crippen molar-refractivity contribution in [1.29, 1.82) is 0 Å². The number of amides is 1. The van der Waals surface area contributed by atoms with Crippen LogP contribution in [-0.2, 0) is 0 Å². The standard InChI is InChI=1S/C12H15BrClNOS/c1-8-5-10(17-11(8)13)12(16)15-4-2-3-9(6-14)7-15/h5,9H,2-4,6-7H2,1H3. The molecule has 94 valence electrons. The minimum absolute atomic E-state index is 0.151. The minimum Gasteiger partial charge on any atom is -0.338 e. The van der Waals surface area contributed by atoms with E-state index in [1.807, 2.05) is 17.9 Å². The molecular weight excluding hydrogens is 322 g/mol. The van der Waals surface area contributed by atoms with Crippen LogP contribution in [0.1, 0.15) is 28.1 Å². The van der Waals surface area contributed by atoms with E-state index in [4.69, 9.17) is 11.6 Å². The van der Waals surface area contributed by atoms with Crippen molar-refractivity contribution in [2.24, 2.45) is 5.92 Å². The monoisotopic (exact) mass is 335 g/mol. The SMILES string of the molecule is Cc1cc(C(=O)N2CCCC(CCl)C2)sc1Br. The summed E-state index contributed by atoms with van der Waals surface area (Å²) in [5, 5.41) is 0. The summed E-state index contributed by atoms with van der Waals surface area (Å²) < 4.78 is 1.05. The average Bonchev–Trinajstić information content (AvgIpc) is 2.69. The molecule has 5 heteroatoms. The van der Waals surface area contributed by atoms with Gasteiger partial charge in [0.25, 0.3) is 5.91 Å². The summed E-state index contributed by atoms with van der Waals surface area (Å²) in [7, 11) is 0. The molecule has 0 N–H and O–H groups in total. The van der Waals surface area contributed by atoms with Crippen molar-refractivity contribution in [1.82, 2.24) is 4.90 Å². The lowest BCUT2D eigenvalue weighted by Gasteiger charge is -2.31. The number of carbonyl (C=O) groups excluding carboxylic acids is 1. The molecule has 1 aromatic rings. The zero-order valence-electron chi connectivity index (χ0n) is 9.71. The van der Waals surface area contributed by atoms with Gasteiger partial charge < -0.3 is 4.90 Å². The number of alkyl halides is 1. The quantitative estimate of drug-likeness (QED) is 0.750. The molecule has 1 amide bonds. The first-order valence-electron chi connectivity index (χ1n) is 5.73. The van der Waals surface area contributed by atoms with Crippen molar-refractivity contribution < 1.29 is 4.79 Å². The number of hydrogen-bond donors (Lipinski definition) is 0. The van der Waals surface area contributed by atoms with Gasteiger partial charge in [-0.1, -0.05) is 0 Å². The highest BCUT2D eigenvalue weighted by Crippen LogP contribution is 2.29. The summed E-state index contributed by atoms with van der Waals surface area (Å²) in [6, 6.07) is 1.96. The molecule has 1 aliphatic heterocycles. The molecule has 2 heterocycles. The van der Waals surface area contributed by atoms with Crippen LogP contribution >= 0.6 is 38.9 Å². The van der Waals surface area contributed by atoms with Crippen LogP contribution in [-0.4, -0.2) is 29.8 Å². The van der Waals surface area contributed by atoms with Crippen LogP contribution < -0.4 is 0 Å². The van der Waals surface area contributed by atoms with Crippen LogP contribution in [0.4, 0.5) is 0 Å². The van der Waals surface area contributed by atoms with Crippen LogP contribution in [0.3, 0.4) is 0 Å². The van der Waals surface area contributed by atoms with Gasteiger partial charge in [-0.15, -0.1) is 22.9 Å². The van der Waals surface area contributed by atoms with Gasteiger partial charge in [0.15, 0.2) is 0 Å². The predicted octanol–water partition coefficient (Wildman–Crippen LogP) is 3.91. The van der Waals surface area contributed by atoms with E-state index in [0.717, 1.165) is 40.2 Å². The van der Waals surface area contributed by atoms with E-state index < -0.39 is 0 Å². The maximum Gasteiger partial charge on any atom is 0.263 e. The Morgan fingerprint density at radius 2 is 2.47 bits per heavy atom. The molecule has 2 nitrogen and oxygen atoms in total. The van der Waals surface area contributed by atoms with Crippen molar-refractivity contribution in [3.63, 3.8) is 0 Å². The highest BCUT2D eigenvalue weighted by Gasteiger charge is 2.25. The summed E-state index contributed by atoms with van der Waals surface area (Å²) in [6.45, 7) is 3.67. The van der Waals surface area contributed by atoms with Crippen LogP contribution in [0.2, 0.25) is 0 Å². The molecule has 1 aliphatic rings. The second-order valence-corrected chi connectivity index (χ2v) is 7.16. The fraction of sp³-hybridized carbons (Fsp3) is 0.583. The Kier molecular flexibility index (Phi) is 4.50. The maximum atomic E-state index is 12.3. The number of likely N-dealkylation sites (tertiary alicyclic amines) is 1. The van der Waals surface area contributed by atoms with Crippen molar-refractivity contribution >= 4 is 44.8 Å². The average molecular weight is 337 g/mol. The zero-order chi connectivity index (χ0) is 12.4. The van der Waals surface area contributed by atoms with Gasteiger partial charge in [-0.05, 0) is 53.2 Å². The second-order valence-electron chi connectivity index (χ2n) is 4.48. The Bertz CT molecular complexity index is 401. The molecule has 1 saturated heterocycles. The van der Waals surface area contributed by atoms with Crippen LogP contribution in [0.5, 0.6) is 0 Å². The van der Waals surface area contributed by atoms with Crippen molar-refractivity contribution in [2.75, 3.05) is 19.0 Å². The number of carbonyl (C=O) groups is 1. The molecule has 1 fully saturated rings. The van der Waals surface area contributed by atoms with Gasteiger partial charge in [-0.3, -0.25) is 4.79 Å². The van der Waals surface area contributed by atoms with Gasteiger partial charge in [0.05, 0.1) is 8.66 Å². The van der Waals surface area contributed by atoms with Crippen LogP contribution in [0.25, 0.3) is 0 Å². The molecule has 0 radical (unpaired) electrons. The third-order valence-corrected chi connectivity index (χ3v) is 5.65. The van der Waals surface area contributed by atoms with E-state index >= 15 is 0 Å². The summed E-state index contributed by atoms with van der Waals surface area (Å²) in [5.41, 5.74) is 1.13. The highest BCUT2D eigenvalue weighted by molar-refractivity contribution is 9.11. The normalized spacial score (nSPS) is 20.6. The summed E-state index contributed by atoms with van der Waals surface area (Å²) in [5.74, 6) is 1.26. The number of thiophene rings is 1. The largest absolute Gasteiger partial charge is 0.338 e. The van der Waals surface area contributed by atoms with Gasteiger partial charge in [0.1, 0.15) is 0 Å². The van der Waals surface area contributed by atoms with Crippen LogP contribution in [0.15, 0.2) is 9.85 Å². The molecule has 1 aromatic heterocycles. The zero-order valence-corrected chi connectivity index (χ0v) is 12.9. The number of piperidine rings is 1. The second kappa shape index (κ2) is 5.72. The number of rotatable bonds is 2. The van der Waals surface area contributed by atoms with Gasteiger partial charge in [-0.25, -0.2) is 0 Å². The third-order valence-electron chi connectivity index (χ3n) is 3.09. The summed E-state index contributed by atoms with van der Waals surface area (Å²) in [6.07, 6.45) is 2.20. The molecule has 0 spiro atoms. The van der Waals surface area contributed by atoms with E-state index in [0.29, 0.717) is 11.8 Å². The number of halogens is 2. The van der Waals surface area contributed by atoms with Crippen molar-refractivity contribution in [3.8, 4) is 0 Å². The maximum absolute atomic E-state index is 12.3. The molecule has 0 saturated carbocycles. The Morgan fingerprint density at radius 3 is 3.06 bits per heavy atom. The fourth-order valence-electron chi connectivity index (χ4n) is 2.10. The lowest BCUT2D eigenvalue weighted by atomic mass is 10.00. The molecule has 0 bridgehead atoms. The van der Waals surface area contributed by atoms with Gasteiger partial charge in [-0.2, -0.15) is 0 Å². The van der Waals surface area contributed by atoms with E-state index in [-0.39, 0.29) is 5.91 Å². The van der Waals surface area contributed by atoms with E-state index in [1.54, 1.807) is 0 Å². The minimum atomic E-state index is 0.151. The fourth-order valence-corrected chi connectivity index (χ4v) is 3.85. The Balaban J connectivity index is 2.09. The summed E-state index contributed by atoms with van der Waals surface area (Å²) >= 11 is 10.9. The lowest BCUT2D eigenvalue weighted by Crippen LogP contribution is -2.40. The van der Waals surface area contributed by atoms with Gasteiger partial charge in [0, 0.05) is 19.0 Å². The molecule has 17 heavy (non-hydrogen) atoms. The van der Waals surface area contributed by atoms with Gasteiger partial charge in [0.2, 0.25) is 0 Å². The molecule has 0 aromatic carbocycles. The first kappa shape index (κ1) is 13.4. The lowest BCUT2D eigenvalue weighted by molar-refractivity contribution is 0.0689. The first-order chi connectivity index (χ1) is 8.11. The molecular formula is C12H15BrClNOS. The van der Waals surface area contributed by atoms with Crippen molar-refractivity contribution in [2.45, 2.75) is 19.8 Å². The van der Waals surface area contributed by atoms with E-state index in [2.05, 4.69) is 15.9 Å². The Morgan fingerprint density at radius 1 is 1.71 bits per heavy atom. The molecule has 1 unspecified atom stereocenters. The van der Waals surface area contributed by atoms with E-state index in [1.165, 1.54) is 11.3 Å². The Labute approximate surface area is 119 Å². The molecule has 1 atom stereocenters. The molecule has 2 rings (SSSR count). The highest BCUT2D eigenvalue weighted by atomic mass is 79.9. The summed E-state index contributed by atoms with van der Waals surface area (Å²) in [4.78, 5) is 15.1. The number of nitrogens with zero attached hydrogens (tertiary/aromatic N) is 1. The third kappa shape index (κ3) is 3.04. The first-order valence-corrected chi connectivity index (χ1v) is 7.87. The van der Waals surface area contributed by atoms with Gasteiger partial charge >= 0.3 is 0 Å². The Hall–Kier alpha value is -0.0600. The smallest absolute Gasteiger partial charge is 0.263 e. The topological polar surface area (TPSA) is 20.3 Å². The number of hydrogen-bond acceptors (Lipinski definition) is 2. The van der Waals surface area contributed by atoms with Crippen molar-refractivity contribution in [3.05, 3.63) is 20.3 Å². The predicted molar refractivity (Wildman–Crippen MR) is 76.1 cm³/mol. The van der Waals surface area contributed by atoms with E-state index in [9.17, 15) is 4.79 Å². The molecule has 0 aliphatic carbocycles. The van der Waals surface area contributed by atoms with Crippen LogP contribution in [0, 0.1) is 12.8 Å². The number of aryl methyl sites for hydroxylation is 1.